The van der Waals surface area contributed by atoms with Crippen molar-refractivity contribution in [1.29, 1.82) is 0 Å². The average Bonchev–Trinajstić information content (AvgIpc) is 2.69. The van der Waals surface area contributed by atoms with Crippen LogP contribution in [0.4, 0.5) is 0 Å². The zero-order chi connectivity index (χ0) is 12.0. The molecule has 0 spiro atoms. The van der Waals surface area contributed by atoms with Crippen LogP contribution in [0.2, 0.25) is 0 Å². The van der Waals surface area contributed by atoms with Crippen LogP contribution in [0.1, 0.15) is 24.6 Å². The predicted molar refractivity (Wildman–Crippen MR) is 71.0 cm³/mol. The molecule has 90 valence electrons. The van der Waals surface area contributed by atoms with E-state index in [1.165, 1.54) is 4.88 Å². The summed E-state index contributed by atoms with van der Waals surface area (Å²) in [6.45, 7) is 2.89. The van der Waals surface area contributed by atoms with Gasteiger partial charge in [0.1, 0.15) is 5.84 Å². The number of oxime groups is 1. The molecule has 1 rings (SSSR count). The fourth-order valence-electron chi connectivity index (χ4n) is 1.35. The molecule has 0 aromatic carbocycles. The first-order valence-electron chi connectivity index (χ1n) is 5.09. The fourth-order valence-corrected chi connectivity index (χ4v) is 2.78. The summed E-state index contributed by atoms with van der Waals surface area (Å²) in [5.41, 5.74) is 5.48. The lowest BCUT2D eigenvalue weighted by Crippen LogP contribution is -2.32. The number of nitrogens with zero attached hydrogens (tertiary/aromatic N) is 1. The summed E-state index contributed by atoms with van der Waals surface area (Å²) in [5.74, 6) is 0.270. The van der Waals surface area contributed by atoms with Gasteiger partial charge in [0.05, 0.1) is 3.79 Å². The van der Waals surface area contributed by atoms with E-state index in [1.807, 2.05) is 6.07 Å². The van der Waals surface area contributed by atoms with Crippen molar-refractivity contribution >= 4 is 33.1 Å². The monoisotopic (exact) mass is 305 g/mol. The minimum Gasteiger partial charge on any atom is -0.409 e. The Bertz CT molecular complexity index is 354. The first-order chi connectivity index (χ1) is 7.65. The van der Waals surface area contributed by atoms with E-state index >= 15 is 0 Å². The summed E-state index contributed by atoms with van der Waals surface area (Å²) in [7, 11) is 0. The number of amidine groups is 1. The highest BCUT2D eigenvalue weighted by molar-refractivity contribution is 9.11. The van der Waals surface area contributed by atoms with Gasteiger partial charge in [0.25, 0.3) is 0 Å². The Labute approximate surface area is 108 Å². The molecule has 0 fully saturated rings. The lowest BCUT2D eigenvalue weighted by Gasteiger charge is -2.15. The molecule has 0 amide bonds. The predicted octanol–water partition coefficient (Wildman–Crippen LogP) is 2.52. The number of nitrogens with one attached hydrogen (secondary N) is 1. The van der Waals surface area contributed by atoms with Crippen molar-refractivity contribution in [2.45, 2.75) is 32.4 Å². The van der Waals surface area contributed by atoms with Crippen LogP contribution in [0.15, 0.2) is 21.1 Å². The van der Waals surface area contributed by atoms with Gasteiger partial charge in [0.15, 0.2) is 0 Å². The maximum atomic E-state index is 8.50. The molecule has 0 aliphatic heterocycles. The van der Waals surface area contributed by atoms with Gasteiger partial charge in [-0.05, 0) is 34.5 Å². The highest BCUT2D eigenvalue weighted by atomic mass is 79.9. The van der Waals surface area contributed by atoms with Crippen molar-refractivity contribution in [1.82, 2.24) is 5.32 Å². The van der Waals surface area contributed by atoms with E-state index in [0.29, 0.717) is 6.42 Å². The molecular formula is C10H16BrN3OS. The number of nitrogens with two attached hydrogens (primary N) is 1. The van der Waals surface area contributed by atoms with E-state index in [2.05, 4.69) is 39.4 Å². The van der Waals surface area contributed by atoms with Crippen molar-refractivity contribution < 1.29 is 5.21 Å². The highest BCUT2D eigenvalue weighted by Gasteiger charge is 2.08. The maximum absolute atomic E-state index is 8.50. The normalized spacial score (nSPS) is 14.0. The van der Waals surface area contributed by atoms with Crippen LogP contribution in [-0.4, -0.2) is 17.1 Å². The zero-order valence-electron chi connectivity index (χ0n) is 9.11. The summed E-state index contributed by atoms with van der Waals surface area (Å²) < 4.78 is 1.13. The molecule has 0 saturated carbocycles. The number of rotatable bonds is 6. The van der Waals surface area contributed by atoms with Gasteiger partial charge in [-0.25, -0.2) is 0 Å². The Balaban J connectivity index is 2.39. The van der Waals surface area contributed by atoms with E-state index in [1.54, 1.807) is 11.3 Å². The van der Waals surface area contributed by atoms with E-state index < -0.39 is 0 Å². The van der Waals surface area contributed by atoms with Gasteiger partial charge in [-0.2, -0.15) is 0 Å². The topological polar surface area (TPSA) is 70.6 Å². The van der Waals surface area contributed by atoms with Crippen LogP contribution in [-0.2, 0) is 6.54 Å². The third kappa shape index (κ3) is 4.51. The molecule has 1 atom stereocenters. The first kappa shape index (κ1) is 13.5. The maximum Gasteiger partial charge on any atom is 0.140 e. The minimum atomic E-state index is 0.247. The van der Waals surface area contributed by atoms with Gasteiger partial charge in [0, 0.05) is 23.9 Å². The Morgan fingerprint density at radius 3 is 2.94 bits per heavy atom. The van der Waals surface area contributed by atoms with Gasteiger partial charge >= 0.3 is 0 Å². The lowest BCUT2D eigenvalue weighted by molar-refractivity contribution is 0.315. The van der Waals surface area contributed by atoms with Crippen molar-refractivity contribution in [3.8, 4) is 0 Å². The van der Waals surface area contributed by atoms with Crippen molar-refractivity contribution in [3.63, 3.8) is 0 Å². The van der Waals surface area contributed by atoms with E-state index in [9.17, 15) is 0 Å². The molecular weight excluding hydrogens is 290 g/mol. The molecule has 1 unspecified atom stereocenters. The van der Waals surface area contributed by atoms with Gasteiger partial charge in [-0.3, -0.25) is 0 Å². The molecule has 0 saturated heterocycles. The van der Waals surface area contributed by atoms with Crippen LogP contribution < -0.4 is 11.1 Å². The van der Waals surface area contributed by atoms with Crippen LogP contribution in [0, 0.1) is 0 Å². The molecule has 1 aromatic rings. The van der Waals surface area contributed by atoms with Crippen molar-refractivity contribution in [3.05, 3.63) is 20.8 Å². The highest BCUT2D eigenvalue weighted by Crippen LogP contribution is 2.21. The van der Waals surface area contributed by atoms with Gasteiger partial charge in [-0.15, -0.1) is 11.3 Å². The summed E-state index contributed by atoms with van der Waals surface area (Å²) >= 11 is 5.13. The Morgan fingerprint density at radius 2 is 2.44 bits per heavy atom. The molecule has 0 bridgehead atoms. The van der Waals surface area contributed by atoms with E-state index in [0.717, 1.165) is 16.8 Å². The van der Waals surface area contributed by atoms with Crippen LogP contribution in [0.3, 0.4) is 0 Å². The van der Waals surface area contributed by atoms with Gasteiger partial charge in [0.2, 0.25) is 0 Å². The number of hydrogen-bond acceptors (Lipinski definition) is 4. The zero-order valence-corrected chi connectivity index (χ0v) is 11.5. The second-order valence-electron chi connectivity index (χ2n) is 3.49. The van der Waals surface area contributed by atoms with Crippen molar-refractivity contribution in [2.24, 2.45) is 10.9 Å². The summed E-state index contributed by atoms with van der Waals surface area (Å²) in [6, 6.07) is 4.36. The Kier molecular flexibility index (Phi) is 5.79. The molecule has 0 aliphatic carbocycles. The van der Waals surface area contributed by atoms with E-state index in [4.69, 9.17) is 10.9 Å². The fraction of sp³-hybridized carbons (Fsp3) is 0.500. The molecule has 0 aliphatic rings. The molecule has 4 N–H and O–H groups in total. The molecule has 16 heavy (non-hydrogen) atoms. The first-order valence-corrected chi connectivity index (χ1v) is 6.70. The average molecular weight is 306 g/mol. The van der Waals surface area contributed by atoms with E-state index in [-0.39, 0.29) is 11.9 Å². The number of halogens is 1. The number of thiophene rings is 1. The summed E-state index contributed by atoms with van der Waals surface area (Å²) in [4.78, 5) is 1.27. The lowest BCUT2D eigenvalue weighted by atomic mass is 10.1. The van der Waals surface area contributed by atoms with Gasteiger partial charge < -0.3 is 16.3 Å². The molecule has 4 nitrogen and oxygen atoms in total. The van der Waals surface area contributed by atoms with Crippen LogP contribution >= 0.6 is 27.3 Å². The minimum absolute atomic E-state index is 0.247. The number of hydrogen-bond donors (Lipinski definition) is 3. The second kappa shape index (κ2) is 6.88. The Morgan fingerprint density at radius 1 is 1.69 bits per heavy atom. The van der Waals surface area contributed by atoms with Gasteiger partial charge in [-0.1, -0.05) is 12.1 Å². The molecule has 1 aromatic heterocycles. The summed E-state index contributed by atoms with van der Waals surface area (Å²) in [6.07, 6.45) is 1.52. The van der Waals surface area contributed by atoms with Crippen molar-refractivity contribution in [2.75, 3.05) is 0 Å². The SMILES string of the molecule is CCC(CC(N)=NO)NCc1ccc(Br)s1. The van der Waals surface area contributed by atoms with Crippen LogP contribution in [0.5, 0.6) is 0 Å². The summed E-state index contributed by atoms with van der Waals surface area (Å²) in [5, 5.41) is 14.9. The molecule has 1 heterocycles. The molecule has 6 heteroatoms. The molecule has 0 radical (unpaired) electrons. The third-order valence-electron chi connectivity index (χ3n) is 2.27. The third-order valence-corrected chi connectivity index (χ3v) is 3.89. The quantitative estimate of drug-likeness (QED) is 0.327. The largest absolute Gasteiger partial charge is 0.409 e. The van der Waals surface area contributed by atoms with Crippen LogP contribution in [0.25, 0.3) is 0 Å². The Hall–Kier alpha value is -0.590. The standard InChI is InChI=1S/C10H16BrN3OS/c1-2-7(5-10(12)14-15)13-6-8-3-4-9(11)16-8/h3-4,7,13,15H,2,5-6H2,1H3,(H2,12,14). The second-order valence-corrected chi connectivity index (χ2v) is 6.03. The smallest absolute Gasteiger partial charge is 0.140 e.